The van der Waals surface area contributed by atoms with E-state index in [9.17, 15) is 14.9 Å². The van der Waals surface area contributed by atoms with Gasteiger partial charge in [-0.15, -0.1) is 0 Å². The van der Waals surface area contributed by atoms with Crippen molar-refractivity contribution in [3.63, 3.8) is 0 Å². The summed E-state index contributed by atoms with van der Waals surface area (Å²) in [7, 11) is 1.36. The Bertz CT molecular complexity index is 905. The topological polar surface area (TPSA) is 81.5 Å². The Labute approximate surface area is 150 Å². The summed E-state index contributed by atoms with van der Waals surface area (Å²) in [4.78, 5) is 22.4. The van der Waals surface area contributed by atoms with Gasteiger partial charge in [0, 0.05) is 23.7 Å². The van der Waals surface area contributed by atoms with E-state index in [2.05, 4.69) is 17.5 Å². The first-order valence-electron chi connectivity index (χ1n) is 8.48. The Balaban J connectivity index is 1.69. The average Bonchev–Trinajstić information content (AvgIpc) is 3.16. The fourth-order valence-electron chi connectivity index (χ4n) is 3.97. The van der Waals surface area contributed by atoms with Crippen LogP contribution < -0.4 is 5.32 Å². The number of carbonyl (C=O) groups is 1. The van der Waals surface area contributed by atoms with E-state index in [-0.39, 0.29) is 34.5 Å². The summed E-state index contributed by atoms with van der Waals surface area (Å²) in [5, 5.41) is 14.6. The molecule has 1 aliphatic carbocycles. The number of allylic oxidation sites excluding steroid dienone is 2. The SMILES string of the molecule is COC(=O)c1ccc([C@@H]2Nc3ccc([N+](=O)[O-])cc3[C@H]3C=CC[C@H]32)cc1. The van der Waals surface area contributed by atoms with Crippen molar-refractivity contribution in [2.24, 2.45) is 5.92 Å². The minimum absolute atomic E-state index is 0.0793. The number of nitro groups is 1. The maximum Gasteiger partial charge on any atom is 0.337 e. The summed E-state index contributed by atoms with van der Waals surface area (Å²) in [5.74, 6) is 0.0798. The number of methoxy groups -OCH3 is 1. The van der Waals surface area contributed by atoms with Gasteiger partial charge in [0.2, 0.25) is 0 Å². The molecule has 6 nitrogen and oxygen atoms in total. The zero-order valence-electron chi connectivity index (χ0n) is 14.2. The van der Waals surface area contributed by atoms with E-state index >= 15 is 0 Å². The Morgan fingerprint density at radius 2 is 2.00 bits per heavy atom. The van der Waals surface area contributed by atoms with Gasteiger partial charge in [-0.2, -0.15) is 0 Å². The van der Waals surface area contributed by atoms with Gasteiger partial charge in [-0.3, -0.25) is 10.1 Å². The van der Waals surface area contributed by atoms with E-state index in [0.29, 0.717) is 5.56 Å². The van der Waals surface area contributed by atoms with Crippen LogP contribution in [0.5, 0.6) is 0 Å². The molecular weight excluding hydrogens is 332 g/mol. The number of non-ortho nitro benzene ring substituents is 1. The minimum atomic E-state index is -0.356. The van der Waals surface area contributed by atoms with Crippen LogP contribution in [0.25, 0.3) is 0 Å². The van der Waals surface area contributed by atoms with Gasteiger partial charge in [-0.05, 0) is 41.7 Å². The quantitative estimate of drug-likeness (QED) is 0.388. The molecule has 0 radical (unpaired) electrons. The molecule has 6 heteroatoms. The molecule has 2 aromatic rings. The lowest BCUT2D eigenvalue weighted by Gasteiger charge is -2.37. The van der Waals surface area contributed by atoms with E-state index < -0.39 is 0 Å². The molecule has 0 fully saturated rings. The molecule has 2 aliphatic rings. The summed E-state index contributed by atoms with van der Waals surface area (Å²) >= 11 is 0. The van der Waals surface area contributed by atoms with Crippen LogP contribution in [0.2, 0.25) is 0 Å². The van der Waals surface area contributed by atoms with E-state index in [1.54, 1.807) is 24.3 Å². The maximum absolute atomic E-state index is 11.6. The maximum atomic E-state index is 11.6. The van der Waals surface area contributed by atoms with Crippen molar-refractivity contribution in [1.29, 1.82) is 0 Å². The van der Waals surface area contributed by atoms with Gasteiger partial charge in [0.25, 0.3) is 5.69 Å². The molecule has 0 amide bonds. The zero-order chi connectivity index (χ0) is 18.3. The number of rotatable bonds is 3. The minimum Gasteiger partial charge on any atom is -0.465 e. The van der Waals surface area contributed by atoms with Crippen molar-refractivity contribution in [2.75, 3.05) is 12.4 Å². The summed E-state index contributed by atoms with van der Waals surface area (Å²) in [5.41, 5.74) is 3.61. The van der Waals surface area contributed by atoms with Crippen LogP contribution in [-0.4, -0.2) is 18.0 Å². The van der Waals surface area contributed by atoms with Crippen molar-refractivity contribution in [1.82, 2.24) is 0 Å². The van der Waals surface area contributed by atoms with Crippen molar-refractivity contribution >= 4 is 17.3 Å². The number of esters is 1. The number of nitrogens with one attached hydrogen (secondary N) is 1. The lowest BCUT2D eigenvalue weighted by molar-refractivity contribution is -0.384. The Morgan fingerprint density at radius 1 is 1.23 bits per heavy atom. The monoisotopic (exact) mass is 350 g/mol. The summed E-state index contributed by atoms with van der Waals surface area (Å²) in [6, 6.07) is 12.5. The van der Waals surface area contributed by atoms with Gasteiger partial charge >= 0.3 is 5.97 Å². The van der Waals surface area contributed by atoms with Crippen LogP contribution in [0.1, 0.15) is 39.9 Å². The second-order valence-corrected chi connectivity index (χ2v) is 6.62. The third-order valence-corrected chi connectivity index (χ3v) is 5.25. The molecular formula is C20H18N2O4. The number of ether oxygens (including phenoxy) is 1. The van der Waals surface area contributed by atoms with Crippen LogP contribution in [0.4, 0.5) is 11.4 Å². The smallest absolute Gasteiger partial charge is 0.337 e. The van der Waals surface area contributed by atoms with Crippen LogP contribution >= 0.6 is 0 Å². The van der Waals surface area contributed by atoms with Crippen molar-refractivity contribution in [2.45, 2.75) is 18.4 Å². The number of carbonyl (C=O) groups excluding carboxylic acids is 1. The number of hydrogen-bond donors (Lipinski definition) is 1. The molecule has 0 saturated carbocycles. The van der Waals surface area contributed by atoms with E-state index in [4.69, 9.17) is 4.74 Å². The second-order valence-electron chi connectivity index (χ2n) is 6.62. The fraction of sp³-hybridized carbons (Fsp3) is 0.250. The normalized spacial score (nSPS) is 22.9. The Morgan fingerprint density at radius 3 is 2.69 bits per heavy atom. The molecule has 3 atom stereocenters. The molecule has 1 N–H and O–H groups in total. The predicted octanol–water partition coefficient (Wildman–Crippen LogP) is 4.21. The van der Waals surface area contributed by atoms with Gasteiger partial charge < -0.3 is 10.1 Å². The van der Waals surface area contributed by atoms with Gasteiger partial charge in [0.15, 0.2) is 0 Å². The molecule has 0 unspecified atom stereocenters. The molecule has 4 rings (SSSR count). The van der Waals surface area contributed by atoms with Crippen LogP contribution in [0.15, 0.2) is 54.6 Å². The summed E-state index contributed by atoms with van der Waals surface area (Å²) in [6.45, 7) is 0. The lowest BCUT2D eigenvalue weighted by Crippen LogP contribution is -2.29. The third kappa shape index (κ3) is 2.63. The fourth-order valence-corrected chi connectivity index (χ4v) is 3.97. The summed E-state index contributed by atoms with van der Waals surface area (Å²) < 4.78 is 4.75. The molecule has 1 aliphatic heterocycles. The molecule has 26 heavy (non-hydrogen) atoms. The number of nitrogens with zero attached hydrogens (tertiary/aromatic N) is 1. The van der Waals surface area contributed by atoms with E-state index in [0.717, 1.165) is 23.2 Å². The molecule has 0 spiro atoms. The molecule has 0 bridgehead atoms. The van der Waals surface area contributed by atoms with Crippen LogP contribution in [-0.2, 0) is 4.74 Å². The molecule has 132 valence electrons. The molecule has 1 heterocycles. The Kier molecular flexibility index (Phi) is 3.95. The number of benzene rings is 2. The van der Waals surface area contributed by atoms with Gasteiger partial charge in [-0.25, -0.2) is 4.79 Å². The first kappa shape index (κ1) is 16.3. The highest BCUT2D eigenvalue weighted by Crippen LogP contribution is 2.50. The van der Waals surface area contributed by atoms with Gasteiger partial charge in [-0.1, -0.05) is 24.3 Å². The number of fused-ring (bicyclic) bond motifs is 3. The number of nitro benzene ring substituents is 1. The van der Waals surface area contributed by atoms with Crippen LogP contribution in [0.3, 0.4) is 0 Å². The molecule has 0 aromatic heterocycles. The van der Waals surface area contributed by atoms with Gasteiger partial charge in [0.05, 0.1) is 23.6 Å². The lowest BCUT2D eigenvalue weighted by atomic mass is 9.77. The van der Waals surface area contributed by atoms with Gasteiger partial charge in [0.1, 0.15) is 0 Å². The highest BCUT2D eigenvalue weighted by Gasteiger charge is 2.38. The highest BCUT2D eigenvalue weighted by atomic mass is 16.6. The predicted molar refractivity (Wildman–Crippen MR) is 97.2 cm³/mol. The van der Waals surface area contributed by atoms with Crippen LogP contribution in [0, 0.1) is 16.0 Å². The summed E-state index contributed by atoms with van der Waals surface area (Å²) in [6.07, 6.45) is 5.19. The average molecular weight is 350 g/mol. The van der Waals surface area contributed by atoms with E-state index in [1.807, 2.05) is 12.1 Å². The third-order valence-electron chi connectivity index (χ3n) is 5.25. The molecule has 2 aromatic carbocycles. The van der Waals surface area contributed by atoms with Crippen molar-refractivity contribution in [3.8, 4) is 0 Å². The standard InChI is InChI=1S/C20H18N2O4/c1-26-20(23)13-7-5-12(6-8-13)19-16-4-2-3-15(16)17-11-14(22(24)25)9-10-18(17)21-19/h2-3,5-11,15-16,19,21H,4H2,1H3/t15-,16+,19-/m0/s1. The first-order valence-corrected chi connectivity index (χ1v) is 8.48. The largest absolute Gasteiger partial charge is 0.465 e. The Hall–Kier alpha value is -3.15. The number of anilines is 1. The first-order chi connectivity index (χ1) is 12.6. The molecule has 0 saturated heterocycles. The number of hydrogen-bond acceptors (Lipinski definition) is 5. The van der Waals surface area contributed by atoms with Crippen molar-refractivity contribution in [3.05, 3.63) is 81.4 Å². The second kappa shape index (κ2) is 6.29. The zero-order valence-corrected chi connectivity index (χ0v) is 14.2. The van der Waals surface area contributed by atoms with Crippen molar-refractivity contribution < 1.29 is 14.5 Å². The highest BCUT2D eigenvalue weighted by molar-refractivity contribution is 5.89. The van der Waals surface area contributed by atoms with E-state index in [1.165, 1.54) is 13.2 Å².